The number of hydrogen-bond donors (Lipinski definition) is 1. The molecule has 1 saturated heterocycles. The maximum atomic E-state index is 12.1. The first kappa shape index (κ1) is 18.2. The molecule has 0 amide bonds. The Balaban J connectivity index is 2.30. The van der Waals surface area contributed by atoms with Crippen LogP contribution in [0.5, 0.6) is 0 Å². The molecule has 0 aliphatic carbocycles. The molecule has 0 bridgehead atoms. The number of halogens is 3. The van der Waals surface area contributed by atoms with Crippen molar-refractivity contribution >= 4 is 5.97 Å². The molecule has 1 heterocycles. The molecule has 0 aromatic carbocycles. The Bertz CT molecular complexity index is 311. The number of alkyl halides is 3. The van der Waals surface area contributed by atoms with Crippen molar-refractivity contribution < 1.29 is 22.7 Å². The second-order valence-corrected chi connectivity index (χ2v) is 5.40. The molecule has 0 saturated carbocycles. The molecule has 1 aliphatic rings. The number of piperazine rings is 1. The molecule has 1 fully saturated rings. The molecule has 4 nitrogen and oxygen atoms in total. The van der Waals surface area contributed by atoms with Gasteiger partial charge in [-0.3, -0.25) is 4.90 Å². The van der Waals surface area contributed by atoms with Gasteiger partial charge >= 0.3 is 12.1 Å². The van der Waals surface area contributed by atoms with E-state index in [-0.39, 0.29) is 12.6 Å². The third-order valence-electron chi connectivity index (χ3n) is 3.66. The molecule has 7 heteroatoms. The van der Waals surface area contributed by atoms with Crippen LogP contribution in [0.25, 0.3) is 0 Å². The van der Waals surface area contributed by atoms with E-state index < -0.39 is 12.1 Å². The van der Waals surface area contributed by atoms with Gasteiger partial charge in [-0.2, -0.15) is 13.2 Å². The van der Waals surface area contributed by atoms with E-state index in [1.165, 1.54) is 19.3 Å². The summed E-state index contributed by atoms with van der Waals surface area (Å²) in [7, 11) is 0. The van der Waals surface area contributed by atoms with Crippen molar-refractivity contribution in [3.05, 3.63) is 0 Å². The van der Waals surface area contributed by atoms with Crippen LogP contribution in [0.1, 0.15) is 39.0 Å². The van der Waals surface area contributed by atoms with Gasteiger partial charge in [0.25, 0.3) is 0 Å². The average Bonchev–Trinajstić information content (AvgIpc) is 2.44. The van der Waals surface area contributed by atoms with Crippen LogP contribution >= 0.6 is 0 Å². The van der Waals surface area contributed by atoms with E-state index in [9.17, 15) is 18.0 Å². The molecule has 0 aromatic heterocycles. The maximum absolute atomic E-state index is 12.1. The van der Waals surface area contributed by atoms with Crippen LogP contribution in [0.3, 0.4) is 0 Å². The summed E-state index contributed by atoms with van der Waals surface area (Å²) in [5.74, 6) is -2.10. The molecule has 0 aromatic rings. The van der Waals surface area contributed by atoms with Gasteiger partial charge in [0.15, 0.2) is 0 Å². The molecule has 1 rings (SSSR count). The number of ether oxygens (including phenoxy) is 1. The predicted octanol–water partition coefficient (Wildman–Crippen LogP) is 2.34. The van der Waals surface area contributed by atoms with Crippen LogP contribution in [0.2, 0.25) is 0 Å². The molecular formula is C14H25F3N2O2. The third-order valence-corrected chi connectivity index (χ3v) is 3.66. The largest absolute Gasteiger partial charge is 0.490 e. The van der Waals surface area contributed by atoms with E-state index in [1.54, 1.807) is 0 Å². The number of carbonyl (C=O) groups is 1. The van der Waals surface area contributed by atoms with Crippen LogP contribution in [0, 0.1) is 0 Å². The quantitative estimate of drug-likeness (QED) is 0.552. The molecule has 1 aliphatic heterocycles. The lowest BCUT2D eigenvalue weighted by atomic mass is 10.1. The third kappa shape index (κ3) is 7.13. The topological polar surface area (TPSA) is 41.6 Å². The highest BCUT2D eigenvalue weighted by molar-refractivity contribution is 5.75. The summed E-state index contributed by atoms with van der Waals surface area (Å²) >= 11 is 0. The zero-order chi connectivity index (χ0) is 15.7. The molecule has 1 atom stereocenters. The molecule has 1 N–H and O–H groups in total. The van der Waals surface area contributed by atoms with Gasteiger partial charge in [-0.1, -0.05) is 32.6 Å². The molecule has 0 spiro atoms. The van der Waals surface area contributed by atoms with Gasteiger partial charge in [0.1, 0.15) is 6.61 Å². The lowest BCUT2D eigenvalue weighted by molar-refractivity contribution is -0.201. The fourth-order valence-electron chi connectivity index (χ4n) is 2.43. The highest BCUT2D eigenvalue weighted by Gasteiger charge is 2.41. The van der Waals surface area contributed by atoms with Crippen molar-refractivity contribution in [2.45, 2.75) is 51.2 Å². The number of carbonyl (C=O) groups excluding carboxylic acids is 1. The summed E-state index contributed by atoms with van der Waals surface area (Å²) in [6.07, 6.45) is 0.845. The van der Waals surface area contributed by atoms with E-state index in [2.05, 4.69) is 21.9 Å². The SMILES string of the molecule is CCCCCCCN1CCNC[C@H]1COC(=O)C(F)(F)F. The second-order valence-electron chi connectivity index (χ2n) is 5.40. The first-order valence-electron chi connectivity index (χ1n) is 7.64. The van der Waals surface area contributed by atoms with Gasteiger partial charge < -0.3 is 10.1 Å². The normalized spacial score (nSPS) is 20.5. The number of hydrogen-bond acceptors (Lipinski definition) is 4. The Kier molecular flexibility index (Phi) is 8.03. The van der Waals surface area contributed by atoms with Gasteiger partial charge in [0.2, 0.25) is 0 Å². The zero-order valence-electron chi connectivity index (χ0n) is 12.5. The highest BCUT2D eigenvalue weighted by Crippen LogP contribution is 2.17. The lowest BCUT2D eigenvalue weighted by Gasteiger charge is -2.35. The maximum Gasteiger partial charge on any atom is 0.490 e. The summed E-state index contributed by atoms with van der Waals surface area (Å²) in [6, 6.07) is -0.170. The van der Waals surface area contributed by atoms with E-state index in [0.717, 1.165) is 32.5 Å². The molecule has 21 heavy (non-hydrogen) atoms. The Morgan fingerprint density at radius 3 is 2.67 bits per heavy atom. The van der Waals surface area contributed by atoms with E-state index in [4.69, 9.17) is 0 Å². The summed E-state index contributed by atoms with van der Waals surface area (Å²) < 4.78 is 40.7. The van der Waals surface area contributed by atoms with E-state index in [0.29, 0.717) is 6.54 Å². The monoisotopic (exact) mass is 310 g/mol. The smallest absolute Gasteiger partial charge is 0.457 e. The molecular weight excluding hydrogens is 285 g/mol. The summed E-state index contributed by atoms with van der Waals surface area (Å²) in [4.78, 5) is 12.9. The molecule has 124 valence electrons. The van der Waals surface area contributed by atoms with Gasteiger partial charge in [-0.05, 0) is 13.0 Å². The Hall–Kier alpha value is -0.820. The minimum Gasteiger partial charge on any atom is -0.457 e. The summed E-state index contributed by atoms with van der Waals surface area (Å²) in [5, 5.41) is 3.12. The van der Waals surface area contributed by atoms with Crippen LogP contribution in [0.4, 0.5) is 13.2 Å². The minimum absolute atomic E-state index is 0.170. The second kappa shape index (κ2) is 9.25. The minimum atomic E-state index is -4.91. The highest BCUT2D eigenvalue weighted by atomic mass is 19.4. The van der Waals surface area contributed by atoms with E-state index >= 15 is 0 Å². The lowest BCUT2D eigenvalue weighted by Crippen LogP contribution is -2.53. The Morgan fingerprint density at radius 2 is 2.00 bits per heavy atom. The summed E-state index contributed by atoms with van der Waals surface area (Å²) in [6.45, 7) is 4.95. The molecule has 0 radical (unpaired) electrons. The Labute approximate surface area is 124 Å². The van der Waals surface area contributed by atoms with Crippen molar-refractivity contribution in [3.63, 3.8) is 0 Å². The predicted molar refractivity (Wildman–Crippen MR) is 74.0 cm³/mol. The van der Waals surface area contributed by atoms with Gasteiger partial charge in [0.05, 0.1) is 6.04 Å². The number of esters is 1. The first-order valence-corrected chi connectivity index (χ1v) is 7.64. The van der Waals surface area contributed by atoms with E-state index in [1.807, 2.05) is 0 Å². The standard InChI is InChI=1S/C14H25F3N2O2/c1-2-3-4-5-6-8-19-9-7-18-10-12(19)11-21-13(20)14(15,16)17/h12,18H,2-11H2,1H3/t12-/m0/s1. The van der Waals surface area contributed by atoms with Crippen molar-refractivity contribution in [2.75, 3.05) is 32.8 Å². The summed E-state index contributed by atoms with van der Waals surface area (Å²) in [5.41, 5.74) is 0. The number of unbranched alkanes of at least 4 members (excludes halogenated alkanes) is 4. The number of nitrogens with zero attached hydrogens (tertiary/aromatic N) is 1. The van der Waals surface area contributed by atoms with Crippen LogP contribution in [-0.4, -0.2) is 55.9 Å². The molecule has 0 unspecified atom stereocenters. The number of nitrogens with one attached hydrogen (secondary N) is 1. The first-order chi connectivity index (χ1) is 9.95. The Morgan fingerprint density at radius 1 is 1.29 bits per heavy atom. The van der Waals surface area contributed by atoms with Gasteiger partial charge in [0, 0.05) is 19.6 Å². The zero-order valence-corrected chi connectivity index (χ0v) is 12.5. The fraction of sp³-hybridized carbons (Fsp3) is 0.929. The van der Waals surface area contributed by atoms with Crippen LogP contribution < -0.4 is 5.32 Å². The van der Waals surface area contributed by atoms with Crippen LogP contribution in [-0.2, 0) is 9.53 Å². The van der Waals surface area contributed by atoms with Crippen LogP contribution in [0.15, 0.2) is 0 Å². The van der Waals surface area contributed by atoms with Crippen molar-refractivity contribution in [3.8, 4) is 0 Å². The average molecular weight is 310 g/mol. The van der Waals surface area contributed by atoms with Gasteiger partial charge in [-0.25, -0.2) is 4.79 Å². The van der Waals surface area contributed by atoms with Crippen molar-refractivity contribution in [2.24, 2.45) is 0 Å². The van der Waals surface area contributed by atoms with Crippen molar-refractivity contribution in [1.82, 2.24) is 10.2 Å². The van der Waals surface area contributed by atoms with Crippen molar-refractivity contribution in [1.29, 1.82) is 0 Å². The fourth-order valence-corrected chi connectivity index (χ4v) is 2.43. The van der Waals surface area contributed by atoms with Gasteiger partial charge in [-0.15, -0.1) is 0 Å². The number of rotatable bonds is 8.